The number of ether oxygens (including phenoxy) is 1. The Hall–Kier alpha value is -3.22. The fourth-order valence-corrected chi connectivity index (χ4v) is 2.92. The van der Waals surface area contributed by atoms with Crippen LogP contribution in [0.5, 0.6) is 5.75 Å². The predicted octanol–water partition coefficient (Wildman–Crippen LogP) is 3.17. The number of nitrogens with one attached hydrogen (secondary N) is 1. The molecule has 3 aromatic rings. The summed E-state index contributed by atoms with van der Waals surface area (Å²) in [6, 6.07) is 7.72. The second kappa shape index (κ2) is 7.57. The molecule has 0 saturated heterocycles. The summed E-state index contributed by atoms with van der Waals surface area (Å²) in [6.07, 6.45) is 5.50. The Kier molecular flexibility index (Phi) is 4.82. The van der Waals surface area contributed by atoms with E-state index in [9.17, 15) is 9.18 Å². The normalized spacial score (nSPS) is 12.9. The first-order valence-electron chi connectivity index (χ1n) is 8.79. The van der Waals surface area contributed by atoms with Gasteiger partial charge in [-0.05, 0) is 48.7 Å². The van der Waals surface area contributed by atoms with Gasteiger partial charge in [-0.15, -0.1) is 0 Å². The summed E-state index contributed by atoms with van der Waals surface area (Å²) in [6.45, 7) is 1.10. The second-order valence-electron chi connectivity index (χ2n) is 6.29. The molecule has 4 rings (SSSR count). The van der Waals surface area contributed by atoms with Crippen LogP contribution in [-0.4, -0.2) is 29.0 Å². The van der Waals surface area contributed by atoms with Gasteiger partial charge in [-0.1, -0.05) is 0 Å². The van der Waals surface area contributed by atoms with Crippen molar-refractivity contribution in [3.8, 4) is 17.2 Å². The molecule has 0 radical (unpaired) electrons. The number of hydrogen-bond acceptors (Lipinski definition) is 5. The van der Waals surface area contributed by atoms with Crippen LogP contribution in [0, 0.1) is 5.82 Å². The van der Waals surface area contributed by atoms with Crippen molar-refractivity contribution in [3.63, 3.8) is 0 Å². The molecule has 1 N–H and O–H groups in total. The van der Waals surface area contributed by atoms with Crippen LogP contribution in [0.1, 0.15) is 28.2 Å². The molecule has 27 heavy (non-hydrogen) atoms. The summed E-state index contributed by atoms with van der Waals surface area (Å²) in [5, 5.41) is 2.84. The van der Waals surface area contributed by atoms with E-state index in [1.807, 2.05) is 0 Å². The van der Waals surface area contributed by atoms with Crippen LogP contribution in [0.3, 0.4) is 0 Å². The molecule has 1 aliphatic heterocycles. The van der Waals surface area contributed by atoms with Gasteiger partial charge in [0.15, 0.2) is 0 Å². The standard InChI is InChI=1S/C20H18FN3O3/c21-15-5-3-13(4-6-15)20-24-16(12-27-20)7-8-22-19(25)17-10-14-2-1-9-26-18(14)11-23-17/h3-6,10-12H,1-2,7-9H2,(H,22,25). The lowest BCUT2D eigenvalue weighted by atomic mass is 10.1. The van der Waals surface area contributed by atoms with Crippen LogP contribution in [-0.2, 0) is 12.8 Å². The third-order valence-electron chi connectivity index (χ3n) is 4.34. The number of nitrogens with zero attached hydrogens (tertiary/aromatic N) is 2. The Labute approximate surface area is 155 Å². The molecule has 0 spiro atoms. The first kappa shape index (κ1) is 17.2. The van der Waals surface area contributed by atoms with Crippen molar-refractivity contribution in [1.82, 2.24) is 15.3 Å². The van der Waals surface area contributed by atoms with Crippen LogP contribution in [0.2, 0.25) is 0 Å². The van der Waals surface area contributed by atoms with E-state index >= 15 is 0 Å². The van der Waals surface area contributed by atoms with Gasteiger partial charge in [0.05, 0.1) is 18.5 Å². The number of oxazole rings is 1. The maximum atomic E-state index is 13.0. The largest absolute Gasteiger partial charge is 0.492 e. The maximum absolute atomic E-state index is 13.0. The minimum atomic E-state index is -0.310. The van der Waals surface area contributed by atoms with Gasteiger partial charge in [-0.25, -0.2) is 14.4 Å². The summed E-state index contributed by atoms with van der Waals surface area (Å²) in [5.74, 6) is 0.641. The van der Waals surface area contributed by atoms with Gasteiger partial charge in [0.25, 0.3) is 5.91 Å². The van der Waals surface area contributed by atoms with Gasteiger partial charge in [0, 0.05) is 18.5 Å². The van der Waals surface area contributed by atoms with Crippen molar-refractivity contribution in [1.29, 1.82) is 0 Å². The first-order chi connectivity index (χ1) is 13.2. The molecule has 7 heteroatoms. The number of carbonyl (C=O) groups is 1. The number of benzene rings is 1. The van der Waals surface area contributed by atoms with Crippen LogP contribution in [0.15, 0.2) is 47.2 Å². The van der Waals surface area contributed by atoms with E-state index < -0.39 is 0 Å². The van der Waals surface area contributed by atoms with E-state index in [4.69, 9.17) is 9.15 Å². The molecule has 6 nitrogen and oxygen atoms in total. The van der Waals surface area contributed by atoms with Gasteiger partial charge in [0.1, 0.15) is 23.5 Å². The Morgan fingerprint density at radius 2 is 2.11 bits per heavy atom. The average molecular weight is 367 g/mol. The quantitative estimate of drug-likeness (QED) is 0.749. The zero-order valence-electron chi connectivity index (χ0n) is 14.6. The molecular weight excluding hydrogens is 349 g/mol. The zero-order chi connectivity index (χ0) is 18.6. The first-order valence-corrected chi connectivity index (χ1v) is 8.79. The van der Waals surface area contributed by atoms with Gasteiger partial charge in [-0.2, -0.15) is 0 Å². The molecule has 2 aromatic heterocycles. The molecule has 0 atom stereocenters. The highest BCUT2D eigenvalue weighted by molar-refractivity contribution is 5.92. The molecule has 0 unspecified atom stereocenters. The molecule has 1 aliphatic rings. The van der Waals surface area contributed by atoms with E-state index in [-0.39, 0.29) is 11.7 Å². The van der Waals surface area contributed by atoms with Gasteiger partial charge in [-0.3, -0.25) is 4.79 Å². The number of hydrogen-bond donors (Lipinski definition) is 1. The van der Waals surface area contributed by atoms with Crippen molar-refractivity contribution in [2.24, 2.45) is 0 Å². The number of pyridine rings is 1. The smallest absolute Gasteiger partial charge is 0.269 e. The summed E-state index contributed by atoms with van der Waals surface area (Å²) >= 11 is 0. The molecule has 0 aliphatic carbocycles. The Balaban J connectivity index is 1.33. The summed E-state index contributed by atoms with van der Waals surface area (Å²) in [7, 11) is 0. The van der Waals surface area contributed by atoms with Crippen LogP contribution >= 0.6 is 0 Å². The maximum Gasteiger partial charge on any atom is 0.269 e. The van der Waals surface area contributed by atoms with Gasteiger partial charge in [0.2, 0.25) is 5.89 Å². The second-order valence-corrected chi connectivity index (χ2v) is 6.29. The van der Waals surface area contributed by atoms with Crippen LogP contribution < -0.4 is 10.1 Å². The third-order valence-corrected chi connectivity index (χ3v) is 4.34. The lowest BCUT2D eigenvalue weighted by molar-refractivity contribution is 0.0948. The summed E-state index contributed by atoms with van der Waals surface area (Å²) in [5.41, 5.74) is 2.81. The van der Waals surface area contributed by atoms with E-state index in [2.05, 4.69) is 15.3 Å². The highest BCUT2D eigenvalue weighted by Crippen LogP contribution is 2.24. The number of aryl methyl sites for hydroxylation is 1. The molecule has 0 saturated carbocycles. The average Bonchev–Trinajstić information content (AvgIpc) is 3.17. The molecule has 1 aromatic carbocycles. The number of amides is 1. The number of halogens is 1. The number of fused-ring (bicyclic) bond motifs is 1. The van der Waals surface area contributed by atoms with E-state index in [0.717, 1.165) is 24.2 Å². The lowest BCUT2D eigenvalue weighted by Crippen LogP contribution is -2.27. The van der Waals surface area contributed by atoms with Gasteiger partial charge >= 0.3 is 0 Å². The van der Waals surface area contributed by atoms with E-state index in [0.29, 0.717) is 42.4 Å². The molecule has 0 bridgehead atoms. The highest BCUT2D eigenvalue weighted by Gasteiger charge is 2.15. The van der Waals surface area contributed by atoms with Crippen molar-refractivity contribution in [2.45, 2.75) is 19.3 Å². The Bertz CT molecular complexity index is 953. The fourth-order valence-electron chi connectivity index (χ4n) is 2.92. The molecule has 3 heterocycles. The Morgan fingerprint density at radius 3 is 2.96 bits per heavy atom. The number of carbonyl (C=O) groups excluding carboxylic acids is 1. The SMILES string of the molecule is O=C(NCCc1coc(-c2ccc(F)cc2)n1)c1cc2c(cn1)OCCC2. The molecular formula is C20H18FN3O3. The van der Waals surface area contributed by atoms with E-state index in [1.54, 1.807) is 30.7 Å². The number of aromatic nitrogens is 2. The predicted molar refractivity (Wildman–Crippen MR) is 96.0 cm³/mol. The zero-order valence-corrected chi connectivity index (χ0v) is 14.6. The third kappa shape index (κ3) is 3.97. The van der Waals surface area contributed by atoms with Crippen LogP contribution in [0.25, 0.3) is 11.5 Å². The minimum Gasteiger partial charge on any atom is -0.492 e. The monoisotopic (exact) mass is 367 g/mol. The van der Waals surface area contributed by atoms with Gasteiger partial charge < -0.3 is 14.5 Å². The molecule has 138 valence electrons. The molecule has 0 fully saturated rings. The van der Waals surface area contributed by atoms with E-state index in [1.165, 1.54) is 12.1 Å². The topological polar surface area (TPSA) is 77.3 Å². The summed E-state index contributed by atoms with van der Waals surface area (Å²) < 4.78 is 23.9. The highest BCUT2D eigenvalue weighted by atomic mass is 19.1. The fraction of sp³-hybridized carbons (Fsp3) is 0.250. The molecule has 1 amide bonds. The van der Waals surface area contributed by atoms with Crippen molar-refractivity contribution in [3.05, 3.63) is 65.6 Å². The van der Waals surface area contributed by atoms with Crippen LogP contribution in [0.4, 0.5) is 4.39 Å². The number of rotatable bonds is 5. The lowest BCUT2D eigenvalue weighted by Gasteiger charge is -2.16. The van der Waals surface area contributed by atoms with Crippen molar-refractivity contribution < 1.29 is 18.3 Å². The van der Waals surface area contributed by atoms with Crippen molar-refractivity contribution >= 4 is 5.91 Å². The summed E-state index contributed by atoms with van der Waals surface area (Å²) in [4.78, 5) is 20.8. The minimum absolute atomic E-state index is 0.231. The van der Waals surface area contributed by atoms with Crippen molar-refractivity contribution in [2.75, 3.05) is 13.2 Å². The Morgan fingerprint density at radius 1 is 1.26 bits per heavy atom.